The van der Waals surface area contributed by atoms with Crippen LogP contribution in [0.4, 0.5) is 14.7 Å². The zero-order valence-corrected chi connectivity index (χ0v) is 16.8. The van der Waals surface area contributed by atoms with E-state index in [1.807, 2.05) is 0 Å². The number of pyridine rings is 1. The number of alkyl halides is 1. The molecule has 0 aromatic carbocycles. The van der Waals surface area contributed by atoms with Gasteiger partial charge in [0.05, 0.1) is 12.1 Å². The number of carbonyl (C=O) groups excluding carboxylic acids is 1. The van der Waals surface area contributed by atoms with Gasteiger partial charge in [-0.05, 0) is 25.0 Å². The van der Waals surface area contributed by atoms with Crippen molar-refractivity contribution in [2.24, 2.45) is 11.7 Å². The summed E-state index contributed by atoms with van der Waals surface area (Å²) >= 11 is 1.35. The average molecular weight is 430 g/mol. The summed E-state index contributed by atoms with van der Waals surface area (Å²) in [6.07, 6.45) is 6.71. The lowest BCUT2D eigenvalue weighted by Gasteiger charge is -2.37. The Bertz CT molecular complexity index is 1030. The Morgan fingerprint density at radius 3 is 2.67 bits per heavy atom. The molecule has 0 spiro atoms. The fraction of sp³-hybridized carbons (Fsp3) is 0.350. The summed E-state index contributed by atoms with van der Waals surface area (Å²) in [5.74, 6) is -1.19. The van der Waals surface area contributed by atoms with E-state index in [0.29, 0.717) is 29.4 Å². The van der Waals surface area contributed by atoms with Crippen LogP contribution in [0.5, 0.6) is 0 Å². The SMILES string of the molecule is NC(=O)Cc1cnc(-c2cnc(NC[C@H](c3ncccc3F)C3CC[C@@H]3F)nc2)s1. The number of rotatable bonds is 8. The Labute approximate surface area is 175 Å². The van der Waals surface area contributed by atoms with E-state index in [4.69, 9.17) is 5.73 Å². The second-order valence-electron chi connectivity index (χ2n) is 7.19. The lowest BCUT2D eigenvalue weighted by Crippen LogP contribution is -2.37. The van der Waals surface area contributed by atoms with E-state index in [1.54, 1.807) is 18.6 Å². The van der Waals surface area contributed by atoms with Crippen molar-refractivity contribution in [3.05, 3.63) is 53.3 Å². The highest BCUT2D eigenvalue weighted by atomic mass is 32.1. The quantitative estimate of drug-likeness (QED) is 0.569. The Morgan fingerprint density at radius 1 is 1.23 bits per heavy atom. The predicted octanol–water partition coefficient (Wildman–Crippen LogP) is 3.11. The number of nitrogens with two attached hydrogens (primary N) is 1. The second kappa shape index (κ2) is 8.78. The Hall–Kier alpha value is -3.01. The number of thiazole rings is 1. The van der Waals surface area contributed by atoms with Gasteiger partial charge in [0.1, 0.15) is 17.0 Å². The molecule has 0 bridgehead atoms. The Balaban J connectivity index is 1.45. The normalized spacial score (nSPS) is 19.1. The number of halogens is 2. The number of nitrogens with zero attached hydrogens (tertiary/aromatic N) is 4. The first kappa shape index (κ1) is 20.3. The van der Waals surface area contributed by atoms with E-state index >= 15 is 0 Å². The molecule has 7 nitrogen and oxygen atoms in total. The lowest BCUT2D eigenvalue weighted by molar-refractivity contribution is -0.117. The van der Waals surface area contributed by atoms with Gasteiger partial charge < -0.3 is 11.1 Å². The van der Waals surface area contributed by atoms with Gasteiger partial charge in [-0.3, -0.25) is 9.78 Å². The molecular formula is C20H20F2N6OS. The summed E-state index contributed by atoms with van der Waals surface area (Å²) in [5, 5.41) is 3.76. The molecule has 156 valence electrons. The highest BCUT2D eigenvalue weighted by molar-refractivity contribution is 7.15. The minimum Gasteiger partial charge on any atom is -0.369 e. The number of aromatic nitrogens is 4. The number of carbonyl (C=O) groups is 1. The summed E-state index contributed by atoms with van der Waals surface area (Å²) in [5.41, 5.74) is 6.17. The van der Waals surface area contributed by atoms with Gasteiger partial charge in [0.2, 0.25) is 11.9 Å². The number of hydrogen-bond acceptors (Lipinski definition) is 7. The van der Waals surface area contributed by atoms with E-state index in [2.05, 4.69) is 25.3 Å². The average Bonchev–Trinajstić information content (AvgIpc) is 3.18. The molecule has 1 aliphatic rings. The molecule has 1 saturated carbocycles. The van der Waals surface area contributed by atoms with Gasteiger partial charge in [-0.1, -0.05) is 0 Å². The van der Waals surface area contributed by atoms with Crippen molar-refractivity contribution < 1.29 is 13.6 Å². The fourth-order valence-corrected chi connectivity index (χ4v) is 4.38. The van der Waals surface area contributed by atoms with Gasteiger partial charge in [-0.2, -0.15) is 0 Å². The molecule has 3 heterocycles. The van der Waals surface area contributed by atoms with Crippen LogP contribution in [0.15, 0.2) is 36.9 Å². The molecule has 3 N–H and O–H groups in total. The summed E-state index contributed by atoms with van der Waals surface area (Å²) in [4.78, 5) is 28.8. The summed E-state index contributed by atoms with van der Waals surface area (Å²) in [7, 11) is 0. The maximum atomic E-state index is 14.3. The monoisotopic (exact) mass is 430 g/mol. The third-order valence-electron chi connectivity index (χ3n) is 5.18. The molecule has 1 fully saturated rings. The molecule has 4 rings (SSSR count). The summed E-state index contributed by atoms with van der Waals surface area (Å²) in [6.45, 7) is 0.276. The molecule has 1 amide bonds. The summed E-state index contributed by atoms with van der Waals surface area (Å²) < 4.78 is 28.3. The van der Waals surface area contributed by atoms with Crippen LogP contribution in [0.3, 0.4) is 0 Å². The zero-order valence-electron chi connectivity index (χ0n) is 16.0. The third-order valence-corrected chi connectivity index (χ3v) is 6.22. The molecule has 0 radical (unpaired) electrons. The van der Waals surface area contributed by atoms with Crippen LogP contribution < -0.4 is 11.1 Å². The first-order valence-corrected chi connectivity index (χ1v) is 10.4. The molecule has 3 atom stereocenters. The number of hydrogen-bond donors (Lipinski definition) is 2. The van der Waals surface area contributed by atoms with Crippen molar-refractivity contribution in [2.45, 2.75) is 31.4 Å². The fourth-order valence-electron chi connectivity index (χ4n) is 3.49. The van der Waals surface area contributed by atoms with Crippen LogP contribution in [0.1, 0.15) is 29.3 Å². The Kier molecular flexibility index (Phi) is 5.93. The molecular weight excluding hydrogens is 410 g/mol. The number of nitrogens with one attached hydrogen (secondary N) is 1. The maximum Gasteiger partial charge on any atom is 0.222 e. The lowest BCUT2D eigenvalue weighted by atomic mass is 9.72. The third kappa shape index (κ3) is 4.43. The zero-order chi connectivity index (χ0) is 21.1. The van der Waals surface area contributed by atoms with E-state index in [9.17, 15) is 13.6 Å². The van der Waals surface area contributed by atoms with Gasteiger partial charge in [-0.15, -0.1) is 11.3 Å². The highest BCUT2D eigenvalue weighted by Crippen LogP contribution is 2.41. The van der Waals surface area contributed by atoms with Crippen molar-refractivity contribution in [3.8, 4) is 10.6 Å². The molecule has 1 aliphatic carbocycles. The number of primary amides is 1. The van der Waals surface area contributed by atoms with Crippen LogP contribution in [-0.2, 0) is 11.2 Å². The van der Waals surface area contributed by atoms with Gasteiger partial charge in [0.25, 0.3) is 0 Å². The van der Waals surface area contributed by atoms with Crippen molar-refractivity contribution >= 4 is 23.2 Å². The predicted molar refractivity (Wildman–Crippen MR) is 109 cm³/mol. The Morgan fingerprint density at radius 2 is 2.03 bits per heavy atom. The molecule has 10 heteroatoms. The van der Waals surface area contributed by atoms with E-state index in [1.165, 1.54) is 29.7 Å². The molecule has 3 aromatic heterocycles. The smallest absolute Gasteiger partial charge is 0.222 e. The summed E-state index contributed by atoms with van der Waals surface area (Å²) in [6, 6.07) is 2.86. The largest absolute Gasteiger partial charge is 0.369 e. The van der Waals surface area contributed by atoms with E-state index in [-0.39, 0.29) is 24.6 Å². The maximum absolute atomic E-state index is 14.3. The molecule has 3 aromatic rings. The van der Waals surface area contributed by atoms with E-state index in [0.717, 1.165) is 4.88 Å². The standard InChI is InChI=1S/C20H20F2N6OS/c21-15-4-3-13(15)14(18-16(22)2-1-5-24-18)10-28-20-26-7-11(8-27-20)19-25-9-12(30-19)6-17(23)29/h1-2,5,7-9,13-15H,3-4,6,10H2,(H2,23,29)(H,26,27,28)/t13?,14-,15-/m0/s1. The molecule has 0 saturated heterocycles. The van der Waals surface area contributed by atoms with Crippen LogP contribution in [0.2, 0.25) is 0 Å². The second-order valence-corrected chi connectivity index (χ2v) is 8.30. The highest BCUT2D eigenvalue weighted by Gasteiger charge is 2.39. The van der Waals surface area contributed by atoms with Crippen LogP contribution in [0.25, 0.3) is 10.6 Å². The van der Waals surface area contributed by atoms with Crippen molar-refractivity contribution in [1.82, 2.24) is 19.9 Å². The topological polar surface area (TPSA) is 107 Å². The van der Waals surface area contributed by atoms with Crippen LogP contribution in [0, 0.1) is 11.7 Å². The van der Waals surface area contributed by atoms with Crippen LogP contribution >= 0.6 is 11.3 Å². The van der Waals surface area contributed by atoms with Crippen LogP contribution in [-0.4, -0.2) is 38.6 Å². The van der Waals surface area contributed by atoms with Crippen molar-refractivity contribution in [3.63, 3.8) is 0 Å². The minimum atomic E-state index is -0.957. The number of anilines is 1. The molecule has 1 unspecified atom stereocenters. The van der Waals surface area contributed by atoms with Gasteiger partial charge in [0, 0.05) is 53.6 Å². The molecule has 0 aliphatic heterocycles. The van der Waals surface area contributed by atoms with Crippen molar-refractivity contribution in [1.29, 1.82) is 0 Å². The van der Waals surface area contributed by atoms with Gasteiger partial charge >= 0.3 is 0 Å². The molecule has 30 heavy (non-hydrogen) atoms. The van der Waals surface area contributed by atoms with Crippen molar-refractivity contribution in [2.75, 3.05) is 11.9 Å². The first-order valence-electron chi connectivity index (χ1n) is 9.55. The first-order chi connectivity index (χ1) is 14.5. The number of amides is 1. The minimum absolute atomic E-state index is 0.139. The van der Waals surface area contributed by atoms with Gasteiger partial charge in [-0.25, -0.2) is 23.7 Å². The van der Waals surface area contributed by atoms with E-state index < -0.39 is 23.8 Å². The van der Waals surface area contributed by atoms with Gasteiger partial charge in [0.15, 0.2) is 0 Å².